The van der Waals surface area contributed by atoms with Crippen LogP contribution in [0.1, 0.15) is 29.7 Å². The van der Waals surface area contributed by atoms with E-state index in [0.29, 0.717) is 0 Å². The van der Waals surface area contributed by atoms with Gasteiger partial charge in [0, 0.05) is 16.7 Å². The van der Waals surface area contributed by atoms with Gasteiger partial charge in [0.1, 0.15) is 5.82 Å². The monoisotopic (exact) mass is 275 g/mol. The van der Waals surface area contributed by atoms with Crippen LogP contribution in [0.2, 0.25) is 0 Å². The number of rotatable bonds is 4. The molecule has 0 aliphatic rings. The third-order valence-electron chi connectivity index (χ3n) is 3.09. The fourth-order valence-corrected chi connectivity index (χ4v) is 2.87. The first-order chi connectivity index (χ1) is 9.06. The summed E-state index contributed by atoms with van der Waals surface area (Å²) in [6.07, 6.45) is 0. The number of hydrogen-bond donors (Lipinski definition) is 1. The lowest BCUT2D eigenvalue weighted by molar-refractivity contribution is 0.626. The summed E-state index contributed by atoms with van der Waals surface area (Å²) in [7, 11) is 0. The minimum absolute atomic E-state index is 0.0384. The van der Waals surface area contributed by atoms with E-state index in [9.17, 15) is 4.39 Å². The lowest BCUT2D eigenvalue weighted by Crippen LogP contribution is -2.04. The van der Waals surface area contributed by atoms with Crippen LogP contribution in [-0.4, -0.2) is 0 Å². The normalized spacial score (nSPS) is 12.4. The zero-order chi connectivity index (χ0) is 13.8. The summed E-state index contributed by atoms with van der Waals surface area (Å²) >= 11 is 1.71. The molecule has 19 heavy (non-hydrogen) atoms. The molecule has 2 N–H and O–H groups in total. The Balaban J connectivity index is 2.10. The fraction of sp³-hybridized carbons (Fsp3) is 0.250. The van der Waals surface area contributed by atoms with Crippen LogP contribution in [0.3, 0.4) is 0 Å². The van der Waals surface area contributed by atoms with Crippen molar-refractivity contribution in [2.45, 2.75) is 30.5 Å². The number of aryl methyl sites for hydroxylation is 1. The van der Waals surface area contributed by atoms with Crippen molar-refractivity contribution in [2.24, 2.45) is 5.73 Å². The molecule has 0 bridgehead atoms. The van der Waals surface area contributed by atoms with Gasteiger partial charge in [-0.2, -0.15) is 0 Å². The van der Waals surface area contributed by atoms with Gasteiger partial charge in [-0.15, -0.1) is 11.8 Å². The molecule has 0 amide bonds. The molecule has 2 rings (SSSR count). The van der Waals surface area contributed by atoms with E-state index in [1.807, 2.05) is 32.0 Å². The molecule has 3 heteroatoms. The van der Waals surface area contributed by atoms with Crippen molar-refractivity contribution in [1.82, 2.24) is 0 Å². The Bertz CT molecular complexity index is 566. The van der Waals surface area contributed by atoms with Crippen LogP contribution >= 0.6 is 11.8 Å². The summed E-state index contributed by atoms with van der Waals surface area (Å²) in [6.45, 7) is 3.98. The van der Waals surface area contributed by atoms with E-state index in [0.717, 1.165) is 22.4 Å². The van der Waals surface area contributed by atoms with Crippen LogP contribution in [-0.2, 0) is 5.75 Å². The minimum Gasteiger partial charge on any atom is -0.324 e. The Morgan fingerprint density at radius 3 is 2.74 bits per heavy atom. The van der Waals surface area contributed by atoms with Crippen LogP contribution < -0.4 is 5.73 Å². The van der Waals surface area contributed by atoms with Gasteiger partial charge in [0.05, 0.1) is 0 Å². The lowest BCUT2D eigenvalue weighted by Gasteiger charge is -2.09. The molecule has 2 aromatic rings. The fourth-order valence-electron chi connectivity index (χ4n) is 1.84. The smallest absolute Gasteiger partial charge is 0.123 e. The van der Waals surface area contributed by atoms with Gasteiger partial charge in [-0.1, -0.05) is 18.2 Å². The topological polar surface area (TPSA) is 26.0 Å². The van der Waals surface area contributed by atoms with E-state index in [2.05, 4.69) is 12.1 Å². The maximum atomic E-state index is 13.2. The average molecular weight is 275 g/mol. The van der Waals surface area contributed by atoms with E-state index in [1.54, 1.807) is 17.8 Å². The zero-order valence-electron chi connectivity index (χ0n) is 11.2. The molecule has 0 radical (unpaired) electrons. The van der Waals surface area contributed by atoms with Gasteiger partial charge in [-0.05, 0) is 54.8 Å². The molecule has 0 saturated heterocycles. The maximum Gasteiger partial charge on any atom is 0.123 e. The van der Waals surface area contributed by atoms with Gasteiger partial charge in [0.2, 0.25) is 0 Å². The SMILES string of the molecule is Cc1ccc(F)cc1CSc1cccc(C(C)N)c1. The molecule has 0 saturated carbocycles. The molecule has 0 aliphatic heterocycles. The second kappa shape index (κ2) is 6.22. The summed E-state index contributed by atoms with van der Waals surface area (Å²) in [5.74, 6) is 0.594. The average Bonchev–Trinajstić information content (AvgIpc) is 2.40. The Morgan fingerprint density at radius 1 is 1.21 bits per heavy atom. The van der Waals surface area contributed by atoms with E-state index < -0.39 is 0 Å². The Morgan fingerprint density at radius 2 is 2.00 bits per heavy atom. The highest BCUT2D eigenvalue weighted by atomic mass is 32.2. The molecular weight excluding hydrogens is 257 g/mol. The van der Waals surface area contributed by atoms with E-state index in [1.165, 1.54) is 11.0 Å². The van der Waals surface area contributed by atoms with E-state index in [4.69, 9.17) is 5.73 Å². The summed E-state index contributed by atoms with van der Waals surface area (Å²) < 4.78 is 13.2. The quantitative estimate of drug-likeness (QED) is 0.834. The predicted octanol–water partition coefficient (Wildman–Crippen LogP) is 4.45. The standard InChI is InChI=1S/C16H18FNS/c1-11-6-7-15(17)8-14(11)10-19-16-5-3-4-13(9-16)12(2)18/h3-9,12H,10,18H2,1-2H3. The van der Waals surface area contributed by atoms with Crippen molar-refractivity contribution < 1.29 is 4.39 Å². The van der Waals surface area contributed by atoms with Gasteiger partial charge in [0.25, 0.3) is 0 Å². The number of hydrogen-bond acceptors (Lipinski definition) is 2. The van der Waals surface area contributed by atoms with Gasteiger partial charge in [-0.3, -0.25) is 0 Å². The van der Waals surface area contributed by atoms with Crippen LogP contribution in [0, 0.1) is 12.7 Å². The molecule has 0 heterocycles. The summed E-state index contributed by atoms with van der Waals surface area (Å²) in [5.41, 5.74) is 9.16. The summed E-state index contributed by atoms with van der Waals surface area (Å²) in [4.78, 5) is 1.17. The van der Waals surface area contributed by atoms with Gasteiger partial charge in [0.15, 0.2) is 0 Å². The predicted molar refractivity (Wildman–Crippen MR) is 79.7 cm³/mol. The largest absolute Gasteiger partial charge is 0.324 e. The first-order valence-corrected chi connectivity index (χ1v) is 7.28. The van der Waals surface area contributed by atoms with Crippen molar-refractivity contribution in [3.05, 3.63) is 65.0 Å². The summed E-state index contributed by atoms with van der Waals surface area (Å²) in [6, 6.07) is 13.2. The van der Waals surface area contributed by atoms with Crippen molar-refractivity contribution in [1.29, 1.82) is 0 Å². The Labute approximate surface area is 118 Å². The maximum absolute atomic E-state index is 13.2. The molecule has 0 spiro atoms. The number of benzene rings is 2. The summed E-state index contributed by atoms with van der Waals surface area (Å²) in [5, 5.41) is 0. The minimum atomic E-state index is -0.175. The second-order valence-corrected chi connectivity index (χ2v) is 5.77. The lowest BCUT2D eigenvalue weighted by atomic mass is 10.1. The molecule has 0 aliphatic carbocycles. The molecule has 0 aromatic heterocycles. The molecule has 1 atom stereocenters. The third kappa shape index (κ3) is 3.82. The number of thioether (sulfide) groups is 1. The Kier molecular flexibility index (Phi) is 4.61. The molecule has 2 aromatic carbocycles. The number of nitrogens with two attached hydrogens (primary N) is 1. The van der Waals surface area contributed by atoms with Crippen molar-refractivity contribution in [3.8, 4) is 0 Å². The van der Waals surface area contributed by atoms with Crippen LogP contribution in [0.15, 0.2) is 47.4 Å². The van der Waals surface area contributed by atoms with Crippen molar-refractivity contribution in [3.63, 3.8) is 0 Å². The highest BCUT2D eigenvalue weighted by Crippen LogP contribution is 2.26. The first-order valence-electron chi connectivity index (χ1n) is 6.29. The van der Waals surface area contributed by atoms with Gasteiger partial charge < -0.3 is 5.73 Å². The molecule has 1 nitrogen and oxygen atoms in total. The van der Waals surface area contributed by atoms with Crippen LogP contribution in [0.5, 0.6) is 0 Å². The van der Waals surface area contributed by atoms with Crippen molar-refractivity contribution >= 4 is 11.8 Å². The highest BCUT2D eigenvalue weighted by Gasteiger charge is 2.04. The van der Waals surface area contributed by atoms with E-state index in [-0.39, 0.29) is 11.9 Å². The zero-order valence-corrected chi connectivity index (χ0v) is 12.0. The van der Waals surface area contributed by atoms with E-state index >= 15 is 0 Å². The highest BCUT2D eigenvalue weighted by molar-refractivity contribution is 7.98. The van der Waals surface area contributed by atoms with Crippen LogP contribution in [0.25, 0.3) is 0 Å². The number of halogens is 1. The molecular formula is C16H18FNS. The van der Waals surface area contributed by atoms with Gasteiger partial charge in [-0.25, -0.2) is 4.39 Å². The molecule has 1 unspecified atom stereocenters. The first kappa shape index (κ1) is 14.1. The van der Waals surface area contributed by atoms with Gasteiger partial charge >= 0.3 is 0 Å². The Hall–Kier alpha value is -1.32. The van der Waals surface area contributed by atoms with Crippen molar-refractivity contribution in [2.75, 3.05) is 0 Å². The van der Waals surface area contributed by atoms with Crippen LogP contribution in [0.4, 0.5) is 4.39 Å². The second-order valence-electron chi connectivity index (χ2n) is 4.72. The third-order valence-corrected chi connectivity index (χ3v) is 4.13. The molecule has 100 valence electrons. The molecule has 0 fully saturated rings.